The van der Waals surface area contributed by atoms with E-state index in [1.165, 1.54) is 12.2 Å². The zero-order valence-electron chi connectivity index (χ0n) is 13.6. The molecule has 1 aliphatic rings. The third kappa shape index (κ3) is 3.67. The average molecular weight is 320 g/mol. The van der Waals surface area contributed by atoms with Crippen molar-refractivity contribution in [2.75, 3.05) is 0 Å². The molecular formula is C18H22F2N2O. The molecule has 2 atom stereocenters. The molecule has 1 aromatic carbocycles. The Bertz CT molecular complexity index is 644. The maximum atomic E-state index is 15.3. The highest BCUT2D eigenvalue weighted by molar-refractivity contribution is 5.83. The minimum atomic E-state index is -2.15. The van der Waals surface area contributed by atoms with Gasteiger partial charge in [0.1, 0.15) is 11.7 Å². The van der Waals surface area contributed by atoms with Crippen LogP contribution in [0.2, 0.25) is 0 Å². The predicted octanol–water partition coefficient (Wildman–Crippen LogP) is 3.26. The molecule has 0 spiro atoms. The number of nitrogens with two attached hydrogens (primary N) is 1. The van der Waals surface area contributed by atoms with E-state index in [9.17, 15) is 9.18 Å². The van der Waals surface area contributed by atoms with Crippen LogP contribution in [0.1, 0.15) is 31.9 Å². The number of hydrogen-bond acceptors (Lipinski definition) is 2. The molecule has 2 rings (SSSR count). The lowest BCUT2D eigenvalue weighted by molar-refractivity contribution is -0.128. The van der Waals surface area contributed by atoms with E-state index in [0.717, 1.165) is 11.6 Å². The number of allylic oxidation sites excluding steroid dienone is 3. The molecule has 23 heavy (non-hydrogen) atoms. The highest BCUT2D eigenvalue weighted by atomic mass is 19.2. The summed E-state index contributed by atoms with van der Waals surface area (Å²) in [5.74, 6) is 1.79. The topological polar surface area (TPSA) is 55.1 Å². The van der Waals surface area contributed by atoms with Gasteiger partial charge in [-0.15, -0.1) is 0 Å². The van der Waals surface area contributed by atoms with Gasteiger partial charge in [-0.2, -0.15) is 0 Å². The first-order chi connectivity index (χ1) is 10.7. The summed E-state index contributed by atoms with van der Waals surface area (Å²) in [7, 11) is 0. The van der Waals surface area contributed by atoms with Crippen molar-refractivity contribution in [2.45, 2.75) is 38.3 Å². The van der Waals surface area contributed by atoms with E-state index in [1.807, 2.05) is 29.7 Å². The second kappa shape index (κ2) is 6.24. The number of carbonyl (C=O) groups is 1. The lowest BCUT2D eigenvalue weighted by Crippen LogP contribution is -2.47. The van der Waals surface area contributed by atoms with Gasteiger partial charge >= 0.3 is 0 Å². The van der Waals surface area contributed by atoms with Crippen molar-refractivity contribution in [1.82, 2.24) is 5.43 Å². The summed E-state index contributed by atoms with van der Waals surface area (Å²) in [6.07, 6.45) is 3.49. The summed E-state index contributed by atoms with van der Waals surface area (Å²) in [6.45, 7) is 6.26. The predicted molar refractivity (Wildman–Crippen MR) is 86.8 cm³/mol. The summed E-state index contributed by atoms with van der Waals surface area (Å²) in [6, 6.07) is 7.47. The van der Waals surface area contributed by atoms with Crippen molar-refractivity contribution < 1.29 is 13.6 Å². The Morgan fingerprint density at radius 3 is 2.43 bits per heavy atom. The summed E-state index contributed by atoms with van der Waals surface area (Å²) in [5, 5.41) is 0. The molecule has 0 bridgehead atoms. The maximum absolute atomic E-state index is 15.3. The van der Waals surface area contributed by atoms with Gasteiger partial charge in [0.25, 0.3) is 0 Å². The first kappa shape index (κ1) is 17.3. The van der Waals surface area contributed by atoms with Gasteiger partial charge in [-0.3, -0.25) is 10.2 Å². The molecular weight excluding hydrogens is 298 g/mol. The number of hydrogen-bond donors (Lipinski definition) is 2. The van der Waals surface area contributed by atoms with Crippen molar-refractivity contribution in [2.24, 2.45) is 11.8 Å². The summed E-state index contributed by atoms with van der Waals surface area (Å²) < 4.78 is 29.2. The summed E-state index contributed by atoms with van der Waals surface area (Å²) in [5.41, 5.74) is 1.50. The first-order valence-corrected chi connectivity index (χ1v) is 7.51. The number of rotatable bonds is 3. The Morgan fingerprint density at radius 2 is 1.91 bits per heavy atom. The second-order valence-corrected chi connectivity index (χ2v) is 6.90. The third-order valence-electron chi connectivity index (χ3n) is 4.08. The van der Waals surface area contributed by atoms with Gasteiger partial charge in [0.15, 0.2) is 5.67 Å². The largest absolute Gasteiger partial charge is 0.294 e. The minimum absolute atomic E-state index is 0.00646. The Labute approximate surface area is 135 Å². The van der Waals surface area contributed by atoms with E-state index < -0.39 is 23.3 Å². The Balaban J connectivity index is 2.28. The molecule has 0 saturated carbocycles. The van der Waals surface area contributed by atoms with Gasteiger partial charge in [0.2, 0.25) is 5.91 Å². The lowest BCUT2D eigenvalue weighted by Gasteiger charge is -2.31. The van der Waals surface area contributed by atoms with Gasteiger partial charge in [0.05, 0.1) is 0 Å². The smallest absolute Gasteiger partial charge is 0.247 e. The molecule has 0 saturated heterocycles. The number of nitrogens with one attached hydrogen (secondary N) is 1. The molecule has 2 unspecified atom stereocenters. The zero-order chi connectivity index (χ0) is 17.3. The second-order valence-electron chi connectivity index (χ2n) is 6.90. The fourth-order valence-electron chi connectivity index (χ4n) is 2.74. The van der Waals surface area contributed by atoms with E-state index in [0.29, 0.717) is 5.56 Å². The van der Waals surface area contributed by atoms with Crippen LogP contribution in [0.5, 0.6) is 0 Å². The molecule has 0 radical (unpaired) electrons. The number of alkyl halides is 1. The van der Waals surface area contributed by atoms with E-state index in [4.69, 9.17) is 5.84 Å². The molecule has 3 N–H and O–H groups in total. The fourth-order valence-corrected chi connectivity index (χ4v) is 2.74. The molecule has 5 heteroatoms. The Hall–Kier alpha value is -2.01. The normalized spacial score (nSPS) is 24.3. The van der Waals surface area contributed by atoms with Crippen LogP contribution < -0.4 is 11.3 Å². The van der Waals surface area contributed by atoms with Crippen LogP contribution >= 0.6 is 0 Å². The van der Waals surface area contributed by atoms with Crippen LogP contribution in [-0.4, -0.2) is 11.6 Å². The third-order valence-corrected chi connectivity index (χ3v) is 4.08. The van der Waals surface area contributed by atoms with Crippen molar-refractivity contribution >= 4 is 5.91 Å². The minimum Gasteiger partial charge on any atom is -0.294 e. The quantitative estimate of drug-likeness (QED) is 0.510. The average Bonchev–Trinajstić information content (AvgIpc) is 2.46. The van der Waals surface area contributed by atoms with Crippen LogP contribution in [0.3, 0.4) is 0 Å². The van der Waals surface area contributed by atoms with Crippen molar-refractivity contribution in [3.8, 4) is 0 Å². The van der Waals surface area contributed by atoms with Crippen molar-refractivity contribution in [1.29, 1.82) is 0 Å². The fraction of sp³-hybridized carbons (Fsp3) is 0.389. The lowest BCUT2D eigenvalue weighted by atomic mass is 9.79. The number of hydrazine groups is 1. The van der Waals surface area contributed by atoms with Crippen LogP contribution in [0.4, 0.5) is 8.78 Å². The molecule has 1 aliphatic carbocycles. The Morgan fingerprint density at radius 1 is 1.30 bits per heavy atom. The van der Waals surface area contributed by atoms with E-state index >= 15 is 4.39 Å². The van der Waals surface area contributed by atoms with E-state index in [1.54, 1.807) is 0 Å². The molecule has 0 heterocycles. The van der Waals surface area contributed by atoms with Crippen LogP contribution in [0.25, 0.3) is 0 Å². The summed E-state index contributed by atoms with van der Waals surface area (Å²) in [4.78, 5) is 11.8. The van der Waals surface area contributed by atoms with Crippen LogP contribution in [-0.2, 0) is 16.6 Å². The van der Waals surface area contributed by atoms with Crippen molar-refractivity contribution in [3.63, 3.8) is 0 Å². The molecule has 0 aliphatic heterocycles. The molecule has 1 aromatic rings. The molecule has 0 fully saturated rings. The van der Waals surface area contributed by atoms with Gasteiger partial charge < -0.3 is 0 Å². The Kier molecular flexibility index (Phi) is 4.71. The van der Waals surface area contributed by atoms with E-state index in [2.05, 4.69) is 20.8 Å². The maximum Gasteiger partial charge on any atom is 0.247 e. The monoisotopic (exact) mass is 320 g/mol. The summed E-state index contributed by atoms with van der Waals surface area (Å²) >= 11 is 0. The highest BCUT2D eigenvalue weighted by Crippen LogP contribution is 2.37. The molecule has 0 aromatic heterocycles. The zero-order valence-corrected chi connectivity index (χ0v) is 13.6. The molecule has 3 nitrogen and oxygen atoms in total. The number of amides is 1. The number of halogens is 2. The number of benzene rings is 1. The number of carbonyl (C=O) groups excluding carboxylic acids is 1. The van der Waals surface area contributed by atoms with Gasteiger partial charge in [-0.1, -0.05) is 51.1 Å². The SMILES string of the molecule is CC(C)(C)c1ccc(CC2(F)C=CC=C(F)C2C(=O)NN)cc1. The molecule has 1 amide bonds. The highest BCUT2D eigenvalue weighted by Gasteiger charge is 2.45. The molecule has 124 valence electrons. The standard InChI is InChI=1S/C18H22F2N2O/c1-17(2,3)13-8-6-12(7-9-13)11-18(20)10-4-5-14(19)15(18)16(23)22-21/h4-10,15H,11,21H2,1-3H3,(H,22,23). The van der Waals surface area contributed by atoms with Gasteiger partial charge in [0, 0.05) is 6.42 Å². The van der Waals surface area contributed by atoms with E-state index in [-0.39, 0.29) is 11.8 Å². The van der Waals surface area contributed by atoms with Crippen LogP contribution in [0.15, 0.2) is 48.3 Å². The van der Waals surface area contributed by atoms with Crippen LogP contribution in [0, 0.1) is 5.92 Å². The van der Waals surface area contributed by atoms with Crippen molar-refractivity contribution in [3.05, 3.63) is 59.4 Å². The van der Waals surface area contributed by atoms with Gasteiger partial charge in [-0.05, 0) is 28.7 Å². The van der Waals surface area contributed by atoms with Gasteiger partial charge in [-0.25, -0.2) is 14.6 Å². The first-order valence-electron chi connectivity index (χ1n) is 7.51.